The van der Waals surface area contributed by atoms with Crippen LogP contribution in [0.1, 0.15) is 52.4 Å². The molecule has 1 aliphatic carbocycles. The fourth-order valence-electron chi connectivity index (χ4n) is 1.99. The highest BCUT2D eigenvalue weighted by atomic mass is 16.2. The van der Waals surface area contributed by atoms with E-state index in [1.165, 1.54) is 0 Å². The van der Waals surface area contributed by atoms with Gasteiger partial charge in [-0.15, -0.1) is 0 Å². The normalized spacial score (nSPS) is 18.7. The van der Waals surface area contributed by atoms with E-state index in [-0.39, 0.29) is 23.4 Å². The van der Waals surface area contributed by atoms with E-state index in [4.69, 9.17) is 0 Å². The number of carbonyl (C=O) groups is 2. The van der Waals surface area contributed by atoms with Crippen molar-refractivity contribution in [3.8, 4) is 0 Å². The molecule has 0 amide bonds. The van der Waals surface area contributed by atoms with Crippen LogP contribution >= 0.6 is 0 Å². The maximum absolute atomic E-state index is 11.9. The van der Waals surface area contributed by atoms with Crippen LogP contribution in [0.3, 0.4) is 0 Å². The van der Waals surface area contributed by atoms with Crippen LogP contribution in [0.4, 0.5) is 0 Å². The molecule has 1 atom stereocenters. The Labute approximate surface area is 86.1 Å². The summed E-state index contributed by atoms with van der Waals surface area (Å²) >= 11 is 0. The van der Waals surface area contributed by atoms with Gasteiger partial charge in [-0.25, -0.2) is 0 Å². The van der Waals surface area contributed by atoms with E-state index < -0.39 is 0 Å². The predicted molar refractivity (Wildman–Crippen MR) is 56.0 cm³/mol. The first-order valence-corrected chi connectivity index (χ1v) is 5.77. The summed E-state index contributed by atoms with van der Waals surface area (Å²) in [5, 5.41) is 0. The predicted octanol–water partition coefficient (Wildman–Crippen LogP) is 2.75. The quantitative estimate of drug-likeness (QED) is 0.612. The maximum Gasteiger partial charge on any atom is 0.146 e. The Balaban J connectivity index is 2.51. The van der Waals surface area contributed by atoms with Gasteiger partial charge in [0.1, 0.15) is 11.6 Å². The molecule has 0 aromatic carbocycles. The summed E-state index contributed by atoms with van der Waals surface area (Å²) in [6, 6.07) is 0. The van der Waals surface area contributed by atoms with Crippen molar-refractivity contribution in [1.82, 2.24) is 0 Å². The Morgan fingerprint density at radius 1 is 1.29 bits per heavy atom. The zero-order valence-electron chi connectivity index (χ0n) is 9.21. The highest BCUT2D eigenvalue weighted by Crippen LogP contribution is 2.31. The zero-order chi connectivity index (χ0) is 10.6. The van der Waals surface area contributed by atoms with Crippen molar-refractivity contribution in [2.24, 2.45) is 11.8 Å². The van der Waals surface area contributed by atoms with Crippen molar-refractivity contribution in [2.75, 3.05) is 0 Å². The molecule has 0 bridgehead atoms. The van der Waals surface area contributed by atoms with Crippen LogP contribution < -0.4 is 0 Å². The lowest BCUT2D eigenvalue weighted by molar-refractivity contribution is -0.136. The minimum Gasteiger partial charge on any atom is -0.299 e. The summed E-state index contributed by atoms with van der Waals surface area (Å²) in [7, 11) is 0. The highest BCUT2D eigenvalue weighted by Gasteiger charge is 2.33. The Morgan fingerprint density at radius 2 is 1.93 bits per heavy atom. The van der Waals surface area contributed by atoms with Gasteiger partial charge in [0.15, 0.2) is 0 Å². The third kappa shape index (κ3) is 2.43. The molecule has 2 heteroatoms. The number of hydrogen-bond acceptors (Lipinski definition) is 2. The van der Waals surface area contributed by atoms with Crippen LogP contribution in [0.15, 0.2) is 0 Å². The minimum atomic E-state index is -0.291. The van der Waals surface area contributed by atoms with Gasteiger partial charge in [0.2, 0.25) is 0 Å². The van der Waals surface area contributed by atoms with Crippen LogP contribution in [-0.2, 0) is 9.59 Å². The summed E-state index contributed by atoms with van der Waals surface area (Å²) in [5.74, 6) is 0.296. The van der Waals surface area contributed by atoms with Gasteiger partial charge < -0.3 is 0 Å². The molecule has 0 aromatic rings. The molecule has 14 heavy (non-hydrogen) atoms. The van der Waals surface area contributed by atoms with E-state index >= 15 is 0 Å². The first kappa shape index (κ1) is 11.4. The van der Waals surface area contributed by atoms with E-state index in [9.17, 15) is 9.59 Å². The Bertz CT molecular complexity index is 216. The van der Waals surface area contributed by atoms with Gasteiger partial charge in [-0.3, -0.25) is 9.59 Å². The van der Waals surface area contributed by atoms with Crippen molar-refractivity contribution < 1.29 is 9.59 Å². The van der Waals surface area contributed by atoms with Crippen LogP contribution in [0.5, 0.6) is 0 Å². The van der Waals surface area contributed by atoms with Gasteiger partial charge in [-0.05, 0) is 25.7 Å². The molecule has 0 N–H and O–H groups in total. The van der Waals surface area contributed by atoms with Crippen molar-refractivity contribution in [1.29, 1.82) is 0 Å². The SMILES string of the molecule is CCCC(=O)C(CC)C(=O)C1CCC1. The molecule has 80 valence electrons. The zero-order valence-corrected chi connectivity index (χ0v) is 9.21. The molecule has 0 radical (unpaired) electrons. The number of Topliss-reactive ketones (excluding diaryl/α,β-unsaturated/α-hetero) is 2. The molecule has 1 fully saturated rings. The average Bonchev–Trinajstić information content (AvgIpc) is 2.02. The average molecular weight is 196 g/mol. The van der Waals surface area contributed by atoms with E-state index in [0.717, 1.165) is 25.7 Å². The van der Waals surface area contributed by atoms with Gasteiger partial charge in [0, 0.05) is 12.3 Å². The first-order chi connectivity index (χ1) is 6.70. The molecule has 1 unspecified atom stereocenters. The van der Waals surface area contributed by atoms with E-state index in [2.05, 4.69) is 0 Å². The van der Waals surface area contributed by atoms with E-state index in [1.54, 1.807) is 0 Å². The number of hydrogen-bond donors (Lipinski definition) is 0. The smallest absolute Gasteiger partial charge is 0.146 e. The van der Waals surface area contributed by atoms with Gasteiger partial charge in [-0.2, -0.15) is 0 Å². The molecule has 0 saturated heterocycles. The molecule has 0 heterocycles. The molecule has 0 aromatic heterocycles. The standard InChI is InChI=1S/C12H20O2/c1-3-6-11(13)10(4-2)12(14)9-7-5-8-9/h9-10H,3-8H2,1-2H3. The number of ketones is 2. The summed E-state index contributed by atoms with van der Waals surface area (Å²) in [5.41, 5.74) is 0. The van der Waals surface area contributed by atoms with Crippen LogP contribution in [0, 0.1) is 11.8 Å². The van der Waals surface area contributed by atoms with Gasteiger partial charge in [0.25, 0.3) is 0 Å². The number of carbonyl (C=O) groups excluding carboxylic acids is 2. The summed E-state index contributed by atoms with van der Waals surface area (Å²) in [6.45, 7) is 3.92. The molecule has 1 saturated carbocycles. The lowest BCUT2D eigenvalue weighted by atomic mass is 9.75. The Kier molecular flexibility index (Phi) is 4.30. The second kappa shape index (κ2) is 5.28. The highest BCUT2D eigenvalue weighted by molar-refractivity contribution is 6.03. The third-order valence-corrected chi connectivity index (χ3v) is 3.14. The molecule has 2 nitrogen and oxygen atoms in total. The lowest BCUT2D eigenvalue weighted by Crippen LogP contribution is -2.32. The molecule has 1 rings (SSSR count). The van der Waals surface area contributed by atoms with Crippen molar-refractivity contribution >= 4 is 11.6 Å². The van der Waals surface area contributed by atoms with Crippen molar-refractivity contribution in [3.63, 3.8) is 0 Å². The number of rotatable bonds is 6. The summed E-state index contributed by atoms with van der Waals surface area (Å²) < 4.78 is 0. The van der Waals surface area contributed by atoms with Crippen LogP contribution in [0.25, 0.3) is 0 Å². The fourth-order valence-corrected chi connectivity index (χ4v) is 1.99. The van der Waals surface area contributed by atoms with Gasteiger partial charge >= 0.3 is 0 Å². The molecule has 0 aliphatic heterocycles. The molecule has 1 aliphatic rings. The summed E-state index contributed by atoms with van der Waals surface area (Å²) in [4.78, 5) is 23.5. The Hall–Kier alpha value is -0.660. The summed E-state index contributed by atoms with van der Waals surface area (Å²) in [6.07, 6.45) is 5.29. The second-order valence-electron chi connectivity index (χ2n) is 4.21. The monoisotopic (exact) mass is 196 g/mol. The third-order valence-electron chi connectivity index (χ3n) is 3.14. The first-order valence-electron chi connectivity index (χ1n) is 5.77. The molecule has 0 spiro atoms. The largest absolute Gasteiger partial charge is 0.299 e. The van der Waals surface area contributed by atoms with E-state index in [1.807, 2.05) is 13.8 Å². The lowest BCUT2D eigenvalue weighted by Gasteiger charge is -2.27. The minimum absolute atomic E-state index is 0.159. The van der Waals surface area contributed by atoms with Crippen molar-refractivity contribution in [2.45, 2.75) is 52.4 Å². The fraction of sp³-hybridized carbons (Fsp3) is 0.833. The van der Waals surface area contributed by atoms with Crippen molar-refractivity contribution in [3.05, 3.63) is 0 Å². The van der Waals surface area contributed by atoms with Crippen LogP contribution in [-0.4, -0.2) is 11.6 Å². The topological polar surface area (TPSA) is 34.1 Å². The molecular weight excluding hydrogens is 176 g/mol. The van der Waals surface area contributed by atoms with E-state index in [0.29, 0.717) is 12.8 Å². The second-order valence-corrected chi connectivity index (χ2v) is 4.21. The Morgan fingerprint density at radius 3 is 2.29 bits per heavy atom. The molecular formula is C12H20O2. The van der Waals surface area contributed by atoms with Crippen LogP contribution in [0.2, 0.25) is 0 Å². The van der Waals surface area contributed by atoms with Gasteiger partial charge in [0.05, 0.1) is 5.92 Å². The maximum atomic E-state index is 11.9. The van der Waals surface area contributed by atoms with Gasteiger partial charge in [-0.1, -0.05) is 20.3 Å².